The Kier molecular flexibility index (Phi) is 4.24. The summed E-state index contributed by atoms with van der Waals surface area (Å²) in [6, 6.07) is 16.0. The number of alkyl halides is 3. The number of H-pyrrole nitrogens is 1. The summed E-state index contributed by atoms with van der Waals surface area (Å²) in [7, 11) is 0. The average Bonchev–Trinajstić information content (AvgIpc) is 3.22. The second-order valence-corrected chi connectivity index (χ2v) is 6.88. The average molecular weight is 386 g/mol. The van der Waals surface area contributed by atoms with Gasteiger partial charge in [0.05, 0.1) is 15.8 Å². The number of fused-ring (bicyclic) bond motifs is 1. The van der Waals surface area contributed by atoms with E-state index in [-0.39, 0.29) is 5.69 Å². The van der Waals surface area contributed by atoms with E-state index in [0.29, 0.717) is 5.69 Å². The third-order valence-electron chi connectivity index (χ3n) is 4.13. The Bertz CT molecular complexity index is 1110. The highest BCUT2D eigenvalue weighted by molar-refractivity contribution is 7.17. The standard InChI is InChI=1S/C20H13F3N2OS/c21-20(22,23)13-7-4-8-14(9-13)24-19(26)16-10-17-18(25-16)15(11-27-17)12-5-2-1-3-6-12/h1-11,25H,(H,24,26). The first kappa shape index (κ1) is 17.4. The summed E-state index contributed by atoms with van der Waals surface area (Å²) in [5.41, 5.74) is 2.42. The molecule has 0 spiro atoms. The Hall–Kier alpha value is -3.06. The van der Waals surface area contributed by atoms with Crippen molar-refractivity contribution in [2.24, 2.45) is 0 Å². The van der Waals surface area contributed by atoms with Crippen LogP contribution in [0.4, 0.5) is 18.9 Å². The number of hydrogen-bond acceptors (Lipinski definition) is 2. The van der Waals surface area contributed by atoms with Gasteiger partial charge in [0.25, 0.3) is 5.91 Å². The summed E-state index contributed by atoms with van der Waals surface area (Å²) >= 11 is 1.50. The van der Waals surface area contributed by atoms with Gasteiger partial charge in [-0.05, 0) is 29.8 Å². The van der Waals surface area contributed by atoms with Crippen LogP contribution in [-0.4, -0.2) is 10.9 Å². The minimum Gasteiger partial charge on any atom is -0.349 e. The van der Waals surface area contributed by atoms with Crippen LogP contribution < -0.4 is 5.32 Å². The van der Waals surface area contributed by atoms with E-state index in [1.54, 1.807) is 6.07 Å². The minimum absolute atomic E-state index is 0.0936. The molecule has 0 aliphatic heterocycles. The fourth-order valence-corrected chi connectivity index (χ4v) is 3.80. The molecule has 0 unspecified atom stereocenters. The first-order valence-corrected chi connectivity index (χ1v) is 8.94. The molecule has 2 heterocycles. The fourth-order valence-electron chi connectivity index (χ4n) is 2.83. The number of carbonyl (C=O) groups excluding carboxylic acids is 1. The first-order chi connectivity index (χ1) is 12.9. The zero-order chi connectivity index (χ0) is 19.0. The molecule has 0 saturated heterocycles. The Morgan fingerprint density at radius 1 is 1.00 bits per heavy atom. The van der Waals surface area contributed by atoms with E-state index in [0.717, 1.165) is 33.5 Å². The van der Waals surface area contributed by atoms with Crippen molar-refractivity contribution in [1.29, 1.82) is 0 Å². The number of halogens is 3. The SMILES string of the molecule is O=C(Nc1cccc(C(F)(F)F)c1)c1cc2scc(-c3ccccc3)c2[nH]1. The predicted molar refractivity (Wildman–Crippen MR) is 101 cm³/mol. The Morgan fingerprint density at radius 2 is 1.78 bits per heavy atom. The molecule has 7 heteroatoms. The van der Waals surface area contributed by atoms with Gasteiger partial charge in [0.15, 0.2) is 0 Å². The van der Waals surface area contributed by atoms with Crippen LogP contribution in [0.3, 0.4) is 0 Å². The summed E-state index contributed by atoms with van der Waals surface area (Å²) < 4.78 is 39.3. The molecule has 0 bridgehead atoms. The van der Waals surface area contributed by atoms with Gasteiger partial charge in [0.1, 0.15) is 5.69 Å². The van der Waals surface area contributed by atoms with E-state index in [9.17, 15) is 18.0 Å². The van der Waals surface area contributed by atoms with Gasteiger partial charge < -0.3 is 10.3 Å². The van der Waals surface area contributed by atoms with E-state index < -0.39 is 17.6 Å². The van der Waals surface area contributed by atoms with Crippen LogP contribution in [0.5, 0.6) is 0 Å². The van der Waals surface area contributed by atoms with Crippen LogP contribution in [-0.2, 0) is 6.18 Å². The van der Waals surface area contributed by atoms with Crippen LogP contribution in [0.1, 0.15) is 16.1 Å². The lowest BCUT2D eigenvalue weighted by atomic mass is 10.1. The lowest BCUT2D eigenvalue weighted by Gasteiger charge is -2.09. The molecule has 4 aromatic rings. The van der Waals surface area contributed by atoms with Gasteiger partial charge in [-0.1, -0.05) is 36.4 Å². The van der Waals surface area contributed by atoms with Crippen LogP contribution in [0.2, 0.25) is 0 Å². The van der Waals surface area contributed by atoms with Crippen molar-refractivity contribution in [1.82, 2.24) is 4.98 Å². The van der Waals surface area contributed by atoms with Crippen LogP contribution >= 0.6 is 11.3 Å². The van der Waals surface area contributed by atoms with Crippen LogP contribution in [0.25, 0.3) is 21.3 Å². The molecule has 2 aromatic heterocycles. The summed E-state index contributed by atoms with van der Waals surface area (Å²) in [4.78, 5) is 15.6. The normalized spacial score (nSPS) is 11.7. The Balaban J connectivity index is 1.62. The number of aromatic amines is 1. The largest absolute Gasteiger partial charge is 0.416 e. The first-order valence-electron chi connectivity index (χ1n) is 8.06. The van der Waals surface area contributed by atoms with Crippen molar-refractivity contribution in [2.45, 2.75) is 6.18 Å². The summed E-state index contributed by atoms with van der Waals surface area (Å²) in [6.45, 7) is 0. The zero-order valence-electron chi connectivity index (χ0n) is 13.8. The van der Waals surface area contributed by atoms with Crippen molar-refractivity contribution in [3.63, 3.8) is 0 Å². The van der Waals surface area contributed by atoms with E-state index in [2.05, 4.69) is 10.3 Å². The highest BCUT2D eigenvalue weighted by Crippen LogP contribution is 2.34. The molecule has 0 atom stereocenters. The molecule has 136 valence electrons. The smallest absolute Gasteiger partial charge is 0.349 e. The zero-order valence-corrected chi connectivity index (χ0v) is 14.6. The maximum atomic E-state index is 12.8. The van der Waals surface area contributed by atoms with Crippen molar-refractivity contribution in [3.05, 3.63) is 77.3 Å². The van der Waals surface area contributed by atoms with Crippen molar-refractivity contribution in [3.8, 4) is 11.1 Å². The molecule has 0 fully saturated rings. The Labute approximate surface area is 156 Å². The minimum atomic E-state index is -4.46. The molecule has 1 amide bonds. The molecule has 2 N–H and O–H groups in total. The van der Waals surface area contributed by atoms with Gasteiger partial charge in [-0.3, -0.25) is 4.79 Å². The van der Waals surface area contributed by atoms with E-state index in [4.69, 9.17) is 0 Å². The quantitative estimate of drug-likeness (QED) is 0.435. The van der Waals surface area contributed by atoms with Gasteiger partial charge in [0, 0.05) is 16.6 Å². The van der Waals surface area contributed by atoms with Gasteiger partial charge in [-0.15, -0.1) is 11.3 Å². The third kappa shape index (κ3) is 3.46. The summed E-state index contributed by atoms with van der Waals surface area (Å²) in [5.74, 6) is -0.489. The molecule has 0 aliphatic carbocycles. The number of anilines is 1. The highest BCUT2D eigenvalue weighted by atomic mass is 32.1. The number of rotatable bonds is 3. The number of aromatic nitrogens is 1. The van der Waals surface area contributed by atoms with Crippen molar-refractivity contribution < 1.29 is 18.0 Å². The molecule has 3 nitrogen and oxygen atoms in total. The van der Waals surface area contributed by atoms with E-state index in [1.165, 1.54) is 23.5 Å². The number of hydrogen-bond donors (Lipinski definition) is 2. The Morgan fingerprint density at radius 3 is 2.52 bits per heavy atom. The predicted octanol–water partition coefficient (Wildman–Crippen LogP) is 6.17. The third-order valence-corrected chi connectivity index (χ3v) is 5.06. The molecule has 27 heavy (non-hydrogen) atoms. The van der Waals surface area contributed by atoms with Gasteiger partial charge in [-0.25, -0.2) is 0 Å². The number of amides is 1. The van der Waals surface area contributed by atoms with Gasteiger partial charge in [-0.2, -0.15) is 13.2 Å². The molecule has 4 rings (SSSR count). The van der Waals surface area contributed by atoms with Crippen molar-refractivity contribution in [2.75, 3.05) is 5.32 Å². The topological polar surface area (TPSA) is 44.9 Å². The summed E-state index contributed by atoms with van der Waals surface area (Å²) in [6.07, 6.45) is -4.46. The van der Waals surface area contributed by atoms with Gasteiger partial charge in [0.2, 0.25) is 0 Å². The van der Waals surface area contributed by atoms with E-state index >= 15 is 0 Å². The lowest BCUT2D eigenvalue weighted by molar-refractivity contribution is -0.137. The number of thiophene rings is 1. The molecule has 2 aromatic carbocycles. The maximum Gasteiger partial charge on any atom is 0.416 e. The van der Waals surface area contributed by atoms with Crippen LogP contribution in [0.15, 0.2) is 66.0 Å². The van der Waals surface area contributed by atoms with Crippen LogP contribution in [0, 0.1) is 0 Å². The molecule has 0 radical (unpaired) electrons. The number of carbonyl (C=O) groups is 1. The molecule has 0 aliphatic rings. The summed E-state index contributed by atoms with van der Waals surface area (Å²) in [5, 5.41) is 4.52. The number of benzene rings is 2. The fraction of sp³-hybridized carbons (Fsp3) is 0.0500. The molecular weight excluding hydrogens is 373 g/mol. The van der Waals surface area contributed by atoms with Crippen molar-refractivity contribution >= 4 is 33.1 Å². The second-order valence-electron chi connectivity index (χ2n) is 5.97. The van der Waals surface area contributed by atoms with Gasteiger partial charge >= 0.3 is 6.18 Å². The highest BCUT2D eigenvalue weighted by Gasteiger charge is 2.30. The molecular formula is C20H13F3N2OS. The molecule has 0 saturated carbocycles. The maximum absolute atomic E-state index is 12.8. The number of nitrogens with one attached hydrogen (secondary N) is 2. The monoisotopic (exact) mass is 386 g/mol. The lowest BCUT2D eigenvalue weighted by Crippen LogP contribution is -2.13. The second kappa shape index (κ2) is 6.59. The van der Waals surface area contributed by atoms with E-state index in [1.807, 2.05) is 35.7 Å².